The van der Waals surface area contributed by atoms with E-state index in [9.17, 15) is 18.8 Å². The smallest absolute Gasteiger partial charge is 0.280 e. The number of nitriles is 1. The van der Waals surface area contributed by atoms with Gasteiger partial charge in [-0.25, -0.2) is 13.8 Å². The van der Waals surface area contributed by atoms with Crippen molar-refractivity contribution in [2.45, 2.75) is 37.6 Å². The van der Waals surface area contributed by atoms with Crippen LogP contribution in [0.2, 0.25) is 0 Å². The zero-order chi connectivity index (χ0) is 27.9. The number of hydrogen-bond donors (Lipinski definition) is 0. The largest absolute Gasteiger partial charge is 0.496 e. The second-order valence-electron chi connectivity index (χ2n) is 8.59. The number of ketones is 1. The van der Waals surface area contributed by atoms with Gasteiger partial charge in [0.15, 0.2) is 5.78 Å². The highest BCUT2D eigenvalue weighted by Crippen LogP contribution is 2.36. The molecule has 0 amide bonds. The van der Waals surface area contributed by atoms with Crippen molar-refractivity contribution in [3.8, 4) is 22.9 Å². The normalized spacial score (nSPS) is 11.2. The summed E-state index contributed by atoms with van der Waals surface area (Å²) >= 11 is 1.18. The molecule has 39 heavy (non-hydrogen) atoms. The number of carbonyl (C=O) groups is 1. The number of methoxy groups -OCH3 is 1. The van der Waals surface area contributed by atoms with E-state index in [4.69, 9.17) is 4.74 Å². The van der Waals surface area contributed by atoms with E-state index >= 15 is 0 Å². The topological polar surface area (TPSA) is 80.8 Å². The van der Waals surface area contributed by atoms with Gasteiger partial charge >= 0.3 is 0 Å². The molecular weight excluding hydrogens is 518 g/mol. The minimum absolute atomic E-state index is 0.154. The molecule has 0 bridgehead atoms. The van der Waals surface area contributed by atoms with Crippen LogP contribution in [0.5, 0.6) is 5.75 Å². The summed E-state index contributed by atoms with van der Waals surface area (Å²) in [4.78, 5) is 16.8. The maximum atomic E-state index is 13.7. The molecular formula is C30H26F2N4O2S. The van der Waals surface area contributed by atoms with Gasteiger partial charge in [0.1, 0.15) is 22.5 Å². The minimum atomic E-state index is -2.78. The van der Waals surface area contributed by atoms with Gasteiger partial charge in [0.05, 0.1) is 23.9 Å². The maximum absolute atomic E-state index is 13.7. The van der Waals surface area contributed by atoms with Crippen molar-refractivity contribution in [3.05, 3.63) is 101 Å². The number of aryl methyl sites for hydroxylation is 2. The zero-order valence-electron chi connectivity index (χ0n) is 21.7. The molecule has 0 radical (unpaired) electrons. The summed E-state index contributed by atoms with van der Waals surface area (Å²) in [5.74, 6) is 0.751. The van der Waals surface area contributed by atoms with Crippen LogP contribution in [0.4, 0.5) is 8.78 Å². The molecule has 0 aliphatic carbocycles. The number of aromatic nitrogens is 3. The van der Waals surface area contributed by atoms with Crippen LogP contribution >= 0.6 is 11.8 Å². The first kappa shape index (κ1) is 27.7. The summed E-state index contributed by atoms with van der Waals surface area (Å²) in [5.41, 5.74) is 3.66. The number of ether oxygens (including phenoxy) is 1. The van der Waals surface area contributed by atoms with Crippen LogP contribution in [0.25, 0.3) is 17.2 Å². The summed E-state index contributed by atoms with van der Waals surface area (Å²) in [6, 6.07) is 17.8. The molecule has 6 nitrogen and oxygen atoms in total. The number of nitrogens with zero attached hydrogens (tertiary/aromatic N) is 4. The number of alkyl halides is 2. The third-order valence-corrected chi connectivity index (χ3v) is 7.08. The number of allylic oxidation sites excluding steroid dienone is 1. The summed E-state index contributed by atoms with van der Waals surface area (Å²) in [6.07, 6.45) is 2.15. The van der Waals surface area contributed by atoms with Crippen LogP contribution < -0.4 is 4.74 Å². The molecule has 0 saturated carbocycles. The Bertz CT molecular complexity index is 1560. The molecule has 198 valence electrons. The van der Waals surface area contributed by atoms with Crippen molar-refractivity contribution in [1.29, 1.82) is 5.26 Å². The van der Waals surface area contributed by atoms with Gasteiger partial charge in [-0.3, -0.25) is 9.48 Å². The molecule has 0 atom stereocenters. The summed E-state index contributed by atoms with van der Waals surface area (Å²) in [7, 11) is 1.54. The molecule has 4 rings (SSSR count). The third kappa shape index (κ3) is 6.41. The number of halogens is 2. The highest BCUT2D eigenvalue weighted by molar-refractivity contribution is 7.98. The molecule has 0 spiro atoms. The third-order valence-electron chi connectivity index (χ3n) is 6.06. The van der Waals surface area contributed by atoms with Gasteiger partial charge in [0.2, 0.25) is 0 Å². The van der Waals surface area contributed by atoms with Crippen molar-refractivity contribution in [1.82, 2.24) is 14.8 Å². The first-order chi connectivity index (χ1) is 18.8. The van der Waals surface area contributed by atoms with E-state index in [-0.39, 0.29) is 22.1 Å². The van der Waals surface area contributed by atoms with E-state index in [1.165, 1.54) is 23.9 Å². The first-order valence-electron chi connectivity index (χ1n) is 12.2. The van der Waals surface area contributed by atoms with Crippen LogP contribution in [-0.4, -0.2) is 27.7 Å². The number of rotatable bonds is 10. The van der Waals surface area contributed by atoms with E-state index < -0.39 is 6.43 Å². The van der Waals surface area contributed by atoms with Gasteiger partial charge in [-0.1, -0.05) is 42.5 Å². The lowest BCUT2D eigenvalue weighted by atomic mass is 10.0. The van der Waals surface area contributed by atoms with Crippen LogP contribution in [0.15, 0.2) is 71.9 Å². The van der Waals surface area contributed by atoms with E-state index in [0.29, 0.717) is 40.4 Å². The van der Waals surface area contributed by atoms with Crippen molar-refractivity contribution < 1.29 is 18.3 Å². The fourth-order valence-electron chi connectivity index (χ4n) is 4.05. The fourth-order valence-corrected chi connectivity index (χ4v) is 5.04. The van der Waals surface area contributed by atoms with Gasteiger partial charge in [-0.2, -0.15) is 10.4 Å². The number of carbonyl (C=O) groups excluding carboxylic acids is 1. The molecule has 2 aromatic heterocycles. The minimum Gasteiger partial charge on any atom is -0.496 e. The Labute approximate surface area is 230 Å². The van der Waals surface area contributed by atoms with Crippen molar-refractivity contribution in [2.24, 2.45) is 0 Å². The second-order valence-corrected chi connectivity index (χ2v) is 9.56. The molecule has 4 aromatic rings. The summed E-state index contributed by atoms with van der Waals surface area (Å²) in [6.45, 7) is 4.42. The van der Waals surface area contributed by atoms with Gasteiger partial charge < -0.3 is 4.74 Å². The second kappa shape index (κ2) is 12.5. The number of pyridine rings is 1. The number of hydrogen-bond acceptors (Lipinski definition) is 6. The summed E-state index contributed by atoms with van der Waals surface area (Å²) < 4.78 is 34.7. The summed E-state index contributed by atoms with van der Waals surface area (Å²) in [5, 5.41) is 14.5. The van der Waals surface area contributed by atoms with Gasteiger partial charge in [0, 0.05) is 29.6 Å². The molecule has 0 aliphatic rings. The van der Waals surface area contributed by atoms with Crippen LogP contribution in [0, 0.1) is 18.3 Å². The van der Waals surface area contributed by atoms with E-state index in [1.54, 1.807) is 61.3 Å². The Hall–Kier alpha value is -4.29. The van der Waals surface area contributed by atoms with Crippen LogP contribution in [-0.2, 0) is 12.3 Å². The predicted molar refractivity (Wildman–Crippen MR) is 148 cm³/mol. The first-order valence-corrected chi connectivity index (χ1v) is 13.2. The lowest BCUT2D eigenvalue weighted by molar-refractivity contribution is 0.104. The lowest BCUT2D eigenvalue weighted by Crippen LogP contribution is -2.00. The van der Waals surface area contributed by atoms with Gasteiger partial charge in [-0.05, 0) is 49.2 Å². The Morgan fingerprint density at radius 2 is 1.97 bits per heavy atom. The zero-order valence-corrected chi connectivity index (χ0v) is 22.5. The van der Waals surface area contributed by atoms with Gasteiger partial charge in [-0.15, -0.1) is 11.8 Å². The number of benzene rings is 2. The Kier molecular flexibility index (Phi) is 8.89. The molecule has 0 N–H and O–H groups in total. The molecule has 2 heterocycles. The average molecular weight is 545 g/mol. The molecule has 0 fully saturated rings. The predicted octanol–water partition coefficient (Wildman–Crippen LogP) is 7.28. The molecule has 0 saturated heterocycles. The highest BCUT2D eigenvalue weighted by Gasteiger charge is 2.20. The molecule has 2 aromatic carbocycles. The van der Waals surface area contributed by atoms with Crippen LogP contribution in [0.3, 0.4) is 0 Å². The quantitative estimate of drug-likeness (QED) is 0.119. The Balaban J connectivity index is 1.62. The standard InChI is InChI=1S/C30H26F2N4O2S/c1-4-36-17-25(19(2)35-36)27(37)12-10-20-11-13-28(38-3)22(14-20)18-39-30-24(16-33)23(15-26(34-30)29(31)32)21-8-6-5-7-9-21/h5-15,17,29H,4,18H2,1-3H3/b12-10+. The van der Waals surface area contributed by atoms with Gasteiger partial charge in [0.25, 0.3) is 6.43 Å². The maximum Gasteiger partial charge on any atom is 0.280 e. The van der Waals surface area contributed by atoms with E-state index in [0.717, 1.165) is 11.1 Å². The van der Waals surface area contributed by atoms with Crippen LogP contribution in [0.1, 0.15) is 51.8 Å². The van der Waals surface area contributed by atoms with Crippen molar-refractivity contribution in [3.63, 3.8) is 0 Å². The Morgan fingerprint density at radius 1 is 1.21 bits per heavy atom. The molecule has 0 aliphatic heterocycles. The number of thioether (sulfide) groups is 1. The van der Waals surface area contributed by atoms with Crippen molar-refractivity contribution in [2.75, 3.05) is 7.11 Å². The lowest BCUT2D eigenvalue weighted by Gasteiger charge is -2.13. The highest BCUT2D eigenvalue weighted by atomic mass is 32.2. The SMILES string of the molecule is CCn1cc(C(=O)/C=C/c2ccc(OC)c(CSc3nc(C(F)F)cc(-c4ccccc4)c3C#N)c2)c(C)n1. The van der Waals surface area contributed by atoms with Crippen molar-refractivity contribution >= 4 is 23.6 Å². The van der Waals surface area contributed by atoms with E-state index in [2.05, 4.69) is 16.2 Å². The molecule has 0 unspecified atom stereocenters. The fraction of sp³-hybridized carbons (Fsp3) is 0.200. The van der Waals surface area contributed by atoms with E-state index in [1.807, 2.05) is 25.1 Å². The average Bonchev–Trinajstić information content (AvgIpc) is 3.35. The molecule has 9 heteroatoms. The Morgan fingerprint density at radius 3 is 2.62 bits per heavy atom. The monoisotopic (exact) mass is 544 g/mol.